The van der Waals surface area contributed by atoms with Gasteiger partial charge in [-0.05, 0) is 59.6 Å². The van der Waals surface area contributed by atoms with Gasteiger partial charge in [-0.3, -0.25) is 5.32 Å². The van der Waals surface area contributed by atoms with Crippen LogP contribution in [0.5, 0.6) is 0 Å². The second-order valence-corrected chi connectivity index (χ2v) is 7.80. The van der Waals surface area contributed by atoms with E-state index in [-0.39, 0.29) is 6.09 Å². The summed E-state index contributed by atoms with van der Waals surface area (Å²) in [5.74, 6) is 0. The number of rotatable bonds is 3. The highest BCUT2D eigenvalue weighted by Gasteiger charge is 2.24. The lowest BCUT2D eigenvalue weighted by Gasteiger charge is -2.29. The van der Waals surface area contributed by atoms with Crippen LogP contribution in [0.25, 0.3) is 0 Å². The number of ether oxygens (including phenoxy) is 2. The number of hydrogen-bond acceptors (Lipinski definition) is 5. The average molecular weight is 351 g/mol. The van der Waals surface area contributed by atoms with E-state index >= 15 is 0 Å². The van der Waals surface area contributed by atoms with Crippen molar-refractivity contribution in [3.05, 3.63) is 23.9 Å². The van der Waals surface area contributed by atoms with Gasteiger partial charge in [0.25, 0.3) is 0 Å². The summed E-state index contributed by atoms with van der Waals surface area (Å²) in [6, 6.07) is 0. The second-order valence-electron chi connectivity index (χ2n) is 7.80. The summed E-state index contributed by atoms with van der Waals surface area (Å²) in [5, 5.41) is 10.5. The van der Waals surface area contributed by atoms with Gasteiger partial charge >= 0.3 is 12.2 Å². The number of carbonyl (C=O) groups is 2. The smallest absolute Gasteiger partial charge is 0.411 e. The topological polar surface area (TPSA) is 91.7 Å². The van der Waals surface area contributed by atoms with Crippen LogP contribution in [-0.4, -0.2) is 47.1 Å². The summed E-state index contributed by atoms with van der Waals surface area (Å²) < 4.78 is 10.4. The normalized spacial score (nSPS) is 15.6. The third-order valence-corrected chi connectivity index (χ3v) is 3.06. The summed E-state index contributed by atoms with van der Waals surface area (Å²) in [6.07, 6.45) is 4.36. The molecule has 1 aliphatic heterocycles. The molecule has 1 rings (SSSR count). The van der Waals surface area contributed by atoms with E-state index in [9.17, 15) is 9.59 Å². The molecule has 7 heteroatoms. The molecular formula is C18H29N3O4. The molecule has 0 aromatic heterocycles. The molecule has 0 atom stereocenters. The number of nitrogens with zero attached hydrogens (tertiary/aromatic N) is 1. The van der Waals surface area contributed by atoms with Gasteiger partial charge in [-0.25, -0.2) is 9.59 Å². The zero-order valence-electron chi connectivity index (χ0n) is 15.9. The van der Waals surface area contributed by atoms with Crippen LogP contribution in [0.4, 0.5) is 9.59 Å². The molecule has 0 spiro atoms. The number of alkyl carbamates (subject to hydrolysis) is 1. The summed E-state index contributed by atoms with van der Waals surface area (Å²) in [5.41, 5.74) is 0.0219. The zero-order valence-corrected chi connectivity index (χ0v) is 15.9. The van der Waals surface area contributed by atoms with E-state index in [4.69, 9.17) is 14.9 Å². The van der Waals surface area contributed by atoms with E-state index in [0.29, 0.717) is 25.2 Å². The molecule has 25 heavy (non-hydrogen) atoms. The Morgan fingerprint density at radius 2 is 1.76 bits per heavy atom. The molecule has 0 radical (unpaired) electrons. The molecule has 7 nitrogen and oxygen atoms in total. The van der Waals surface area contributed by atoms with Gasteiger partial charge in [0.05, 0.1) is 5.71 Å². The van der Waals surface area contributed by atoms with Crippen molar-refractivity contribution < 1.29 is 19.1 Å². The molecule has 0 unspecified atom stereocenters. The Hall–Kier alpha value is -2.31. The van der Waals surface area contributed by atoms with Crippen molar-refractivity contribution in [2.24, 2.45) is 0 Å². The van der Waals surface area contributed by atoms with Gasteiger partial charge in [0, 0.05) is 19.3 Å². The minimum Gasteiger partial charge on any atom is -0.444 e. The van der Waals surface area contributed by atoms with Crippen LogP contribution in [0.15, 0.2) is 23.9 Å². The highest BCUT2D eigenvalue weighted by Crippen LogP contribution is 2.16. The third kappa shape index (κ3) is 8.37. The SMILES string of the molecule is CC(C)(C)OC(=O)N/C=C\C(=N)C1=CCN(C(=O)OC(C)(C)C)CC1. The van der Waals surface area contributed by atoms with Crippen LogP contribution in [0.1, 0.15) is 48.0 Å². The first-order chi connectivity index (χ1) is 11.4. The van der Waals surface area contributed by atoms with Crippen LogP contribution in [0.3, 0.4) is 0 Å². The molecule has 0 aromatic carbocycles. The first-order valence-corrected chi connectivity index (χ1v) is 8.29. The lowest BCUT2D eigenvalue weighted by Crippen LogP contribution is -2.39. The Morgan fingerprint density at radius 3 is 2.24 bits per heavy atom. The maximum atomic E-state index is 12.0. The van der Waals surface area contributed by atoms with Gasteiger partial charge in [-0.2, -0.15) is 0 Å². The van der Waals surface area contributed by atoms with E-state index < -0.39 is 17.3 Å². The molecule has 0 saturated heterocycles. The van der Waals surface area contributed by atoms with E-state index in [1.54, 1.807) is 25.7 Å². The van der Waals surface area contributed by atoms with Gasteiger partial charge in [-0.1, -0.05) is 6.08 Å². The maximum absolute atomic E-state index is 12.0. The van der Waals surface area contributed by atoms with Gasteiger partial charge in [0.15, 0.2) is 0 Å². The van der Waals surface area contributed by atoms with Gasteiger partial charge in [-0.15, -0.1) is 0 Å². The third-order valence-electron chi connectivity index (χ3n) is 3.06. The van der Waals surface area contributed by atoms with Crippen LogP contribution < -0.4 is 5.32 Å². The van der Waals surface area contributed by atoms with Crippen molar-refractivity contribution in [2.45, 2.75) is 59.2 Å². The summed E-state index contributed by atoms with van der Waals surface area (Å²) in [6.45, 7) is 11.7. The molecule has 0 fully saturated rings. The average Bonchev–Trinajstić information content (AvgIpc) is 2.43. The lowest BCUT2D eigenvalue weighted by atomic mass is 10.0. The predicted molar refractivity (Wildman–Crippen MR) is 96.7 cm³/mol. The first-order valence-electron chi connectivity index (χ1n) is 8.29. The van der Waals surface area contributed by atoms with Crippen LogP contribution >= 0.6 is 0 Å². The molecule has 0 saturated carbocycles. The van der Waals surface area contributed by atoms with Crippen LogP contribution in [-0.2, 0) is 9.47 Å². The molecule has 140 valence electrons. The van der Waals surface area contributed by atoms with Crippen LogP contribution in [0.2, 0.25) is 0 Å². The quantitative estimate of drug-likeness (QED) is 0.760. The zero-order chi connectivity index (χ0) is 19.3. The number of hydrogen-bond donors (Lipinski definition) is 2. The van der Waals surface area contributed by atoms with Crippen molar-refractivity contribution in [1.82, 2.24) is 10.2 Å². The molecule has 2 amide bonds. The first kappa shape index (κ1) is 20.7. The Bertz CT molecular complexity index is 580. The Balaban J connectivity index is 2.49. The fraction of sp³-hybridized carbons (Fsp3) is 0.611. The minimum absolute atomic E-state index is 0.292. The number of allylic oxidation sites excluding steroid dienone is 1. The van der Waals surface area contributed by atoms with Gasteiger partial charge < -0.3 is 19.8 Å². The fourth-order valence-corrected chi connectivity index (χ4v) is 2.01. The fourth-order valence-electron chi connectivity index (χ4n) is 2.01. The number of carbonyl (C=O) groups excluding carboxylic acids is 2. The second kappa shape index (κ2) is 8.18. The van der Waals surface area contributed by atoms with Crippen LogP contribution in [0, 0.1) is 5.41 Å². The molecule has 0 aliphatic carbocycles. The highest BCUT2D eigenvalue weighted by molar-refractivity contribution is 6.06. The molecule has 0 aromatic rings. The maximum Gasteiger partial charge on any atom is 0.411 e. The van der Waals surface area contributed by atoms with E-state index in [1.165, 1.54) is 12.3 Å². The van der Waals surface area contributed by atoms with Crippen molar-refractivity contribution in [3.8, 4) is 0 Å². The summed E-state index contributed by atoms with van der Waals surface area (Å²) in [7, 11) is 0. The molecule has 0 bridgehead atoms. The van der Waals surface area contributed by atoms with Crippen molar-refractivity contribution in [3.63, 3.8) is 0 Å². The number of nitrogens with one attached hydrogen (secondary N) is 2. The minimum atomic E-state index is -0.567. The lowest BCUT2D eigenvalue weighted by molar-refractivity contribution is 0.0266. The Morgan fingerprint density at radius 1 is 1.16 bits per heavy atom. The van der Waals surface area contributed by atoms with Crippen molar-refractivity contribution in [2.75, 3.05) is 13.1 Å². The number of amides is 2. The van der Waals surface area contributed by atoms with E-state index in [2.05, 4.69) is 5.32 Å². The Kier molecular flexibility index (Phi) is 6.78. The summed E-state index contributed by atoms with van der Waals surface area (Å²) >= 11 is 0. The summed E-state index contributed by atoms with van der Waals surface area (Å²) in [4.78, 5) is 25.1. The predicted octanol–water partition coefficient (Wildman–Crippen LogP) is 3.61. The molecule has 2 N–H and O–H groups in total. The van der Waals surface area contributed by atoms with E-state index in [1.807, 2.05) is 26.8 Å². The van der Waals surface area contributed by atoms with Crippen molar-refractivity contribution >= 4 is 17.9 Å². The standard InChI is InChI=1S/C18H29N3O4/c1-17(2,3)24-15(22)20-10-7-14(19)13-8-11-21(12-9-13)16(23)25-18(4,5)6/h7-8,10,19H,9,11-12H2,1-6H3,(H,20,22)/b10-7-,19-14?. The monoisotopic (exact) mass is 351 g/mol. The van der Waals surface area contributed by atoms with Gasteiger partial charge in [0.2, 0.25) is 0 Å². The van der Waals surface area contributed by atoms with Gasteiger partial charge in [0.1, 0.15) is 11.2 Å². The Labute approximate surface area is 149 Å². The van der Waals surface area contributed by atoms with Crippen molar-refractivity contribution in [1.29, 1.82) is 5.41 Å². The molecule has 1 heterocycles. The molecular weight excluding hydrogens is 322 g/mol. The molecule has 1 aliphatic rings. The largest absolute Gasteiger partial charge is 0.444 e. The highest BCUT2D eigenvalue weighted by atomic mass is 16.6. The van der Waals surface area contributed by atoms with E-state index in [0.717, 1.165) is 5.57 Å².